The number of anilines is 2. The van der Waals surface area contributed by atoms with Crippen LogP contribution in [0.4, 0.5) is 42.5 Å². The highest BCUT2D eigenvalue weighted by Crippen LogP contribution is 2.49. The minimum absolute atomic E-state index is 0.158. The highest BCUT2D eigenvalue weighted by molar-refractivity contribution is 6.31. The van der Waals surface area contributed by atoms with E-state index in [-0.39, 0.29) is 26.3 Å². The number of amides is 2. The first-order valence-corrected chi connectivity index (χ1v) is 11.6. The molecule has 0 bridgehead atoms. The first kappa shape index (κ1) is 31.1. The molecule has 0 radical (unpaired) electrons. The van der Waals surface area contributed by atoms with Gasteiger partial charge in [0.05, 0.1) is 0 Å². The first-order chi connectivity index (χ1) is 17.6. The van der Waals surface area contributed by atoms with Gasteiger partial charge in [-0.3, -0.25) is 9.80 Å². The number of rotatable bonds is 6. The third-order valence-electron chi connectivity index (χ3n) is 5.09. The zero-order valence-corrected chi connectivity index (χ0v) is 21.5. The second kappa shape index (κ2) is 11.7. The molecule has 38 heavy (non-hydrogen) atoms. The van der Waals surface area contributed by atoms with Crippen LogP contribution in [0.15, 0.2) is 85.2 Å². The van der Waals surface area contributed by atoms with Gasteiger partial charge in [-0.2, -0.15) is 13.2 Å². The molecule has 206 valence electrons. The van der Waals surface area contributed by atoms with E-state index >= 15 is 0 Å². The lowest BCUT2D eigenvalue weighted by Gasteiger charge is -2.38. The van der Waals surface area contributed by atoms with Gasteiger partial charge in [-0.1, -0.05) is 56.3 Å². The van der Waals surface area contributed by atoms with Crippen molar-refractivity contribution in [1.82, 2.24) is 0 Å². The Bertz CT molecular complexity index is 1200. The zero-order valence-electron chi connectivity index (χ0n) is 19.9. The van der Waals surface area contributed by atoms with Gasteiger partial charge in [0.25, 0.3) is 0 Å². The Labute approximate surface area is 224 Å². The van der Waals surface area contributed by atoms with Crippen molar-refractivity contribution in [3.63, 3.8) is 0 Å². The van der Waals surface area contributed by atoms with E-state index in [4.69, 9.17) is 23.2 Å². The molecule has 0 spiro atoms. The van der Waals surface area contributed by atoms with Gasteiger partial charge in [0, 0.05) is 27.0 Å². The number of allylic oxidation sites excluding steroid dienone is 1. The maximum Gasteiger partial charge on any atom is 0.573 e. The smallest absolute Gasteiger partial charge is 0.406 e. The maximum absolute atomic E-state index is 14.6. The first-order valence-electron chi connectivity index (χ1n) is 10.8. The molecule has 1 aliphatic rings. The summed E-state index contributed by atoms with van der Waals surface area (Å²) in [6, 6.07) is 5.15. The van der Waals surface area contributed by atoms with Crippen molar-refractivity contribution in [1.29, 1.82) is 0 Å². The van der Waals surface area contributed by atoms with Gasteiger partial charge in [-0.25, -0.2) is 4.79 Å². The van der Waals surface area contributed by atoms with E-state index in [1.54, 1.807) is 0 Å². The SMILES string of the molecule is C=C/C(=C\C(=C)OC(F)(F)F)C1(O)C(C(F)(F)F)N(c2ccc(Cl)cc2)C(=O)N1c1ccc(Cl)cc1.CC. The molecule has 2 unspecified atom stereocenters. The van der Waals surface area contributed by atoms with E-state index in [9.17, 15) is 36.2 Å². The molecule has 1 N–H and O–H groups in total. The van der Waals surface area contributed by atoms with Gasteiger partial charge in [0.15, 0.2) is 6.04 Å². The molecule has 2 atom stereocenters. The number of alkyl halides is 6. The van der Waals surface area contributed by atoms with Crippen molar-refractivity contribution < 1.29 is 41.0 Å². The predicted octanol–water partition coefficient (Wildman–Crippen LogP) is 8.25. The maximum atomic E-state index is 14.6. The number of carbonyl (C=O) groups is 1. The van der Waals surface area contributed by atoms with Crippen LogP contribution in [0, 0.1) is 0 Å². The Hall–Kier alpha value is -3.15. The topological polar surface area (TPSA) is 53.0 Å². The van der Waals surface area contributed by atoms with Gasteiger partial charge in [-0.05, 0) is 54.6 Å². The summed E-state index contributed by atoms with van der Waals surface area (Å²) in [7, 11) is 0. The zero-order chi connectivity index (χ0) is 29.1. The Balaban J connectivity index is 0.00000247. The predicted molar refractivity (Wildman–Crippen MR) is 134 cm³/mol. The third kappa shape index (κ3) is 6.46. The van der Waals surface area contributed by atoms with Crippen LogP contribution in [-0.2, 0) is 4.74 Å². The van der Waals surface area contributed by atoms with Gasteiger partial charge < -0.3 is 9.84 Å². The highest BCUT2D eigenvalue weighted by atomic mass is 35.5. The van der Waals surface area contributed by atoms with Crippen molar-refractivity contribution in [2.75, 3.05) is 9.80 Å². The lowest BCUT2D eigenvalue weighted by atomic mass is 9.92. The Kier molecular flexibility index (Phi) is 9.58. The van der Waals surface area contributed by atoms with E-state index in [1.807, 2.05) is 13.8 Å². The van der Waals surface area contributed by atoms with Crippen LogP contribution in [0.5, 0.6) is 0 Å². The number of ether oxygens (including phenoxy) is 1. The largest absolute Gasteiger partial charge is 0.573 e. The summed E-state index contributed by atoms with van der Waals surface area (Å²) in [5, 5.41) is 12.0. The molecule has 1 saturated heterocycles. The minimum Gasteiger partial charge on any atom is -0.406 e. The van der Waals surface area contributed by atoms with Crippen molar-refractivity contribution in [3.8, 4) is 0 Å². The standard InChI is InChI=1S/C23H16Cl2F6N2O3.C2H6/c1-3-14(12-13(2)36-23(29,30)31)21(35)19(22(26,27)28)32(17-8-4-15(24)5-9-17)20(34)33(21)18-10-6-16(25)7-11-18;1-2/h3-12,19,35H,1-2H2;1-2H3/b14-12+;. The summed E-state index contributed by atoms with van der Waals surface area (Å²) in [6.07, 6.45) is -9.44. The monoisotopic (exact) mass is 582 g/mol. The fourth-order valence-corrected chi connectivity index (χ4v) is 4.01. The number of halogens is 8. The minimum atomic E-state index is -5.31. The van der Waals surface area contributed by atoms with E-state index in [2.05, 4.69) is 17.9 Å². The fraction of sp³-hybridized carbons (Fsp3) is 0.240. The highest BCUT2D eigenvalue weighted by Gasteiger charge is 2.68. The number of carbonyl (C=O) groups excluding carboxylic acids is 1. The summed E-state index contributed by atoms with van der Waals surface area (Å²) in [5.41, 5.74) is -4.72. The summed E-state index contributed by atoms with van der Waals surface area (Å²) >= 11 is 11.7. The Morgan fingerprint density at radius 2 is 1.42 bits per heavy atom. The summed E-state index contributed by atoms with van der Waals surface area (Å²) in [6.45, 7) is 10.3. The Morgan fingerprint density at radius 1 is 0.974 bits per heavy atom. The molecule has 1 fully saturated rings. The average molecular weight is 583 g/mol. The molecule has 1 heterocycles. The van der Waals surface area contributed by atoms with Gasteiger partial charge in [0.1, 0.15) is 5.76 Å². The van der Waals surface area contributed by atoms with Crippen molar-refractivity contribution >= 4 is 40.6 Å². The fourth-order valence-electron chi connectivity index (χ4n) is 3.75. The summed E-state index contributed by atoms with van der Waals surface area (Å²) in [4.78, 5) is 14.2. The van der Waals surface area contributed by atoms with Crippen molar-refractivity contribution in [2.24, 2.45) is 0 Å². The van der Waals surface area contributed by atoms with Crippen LogP contribution in [0.1, 0.15) is 13.8 Å². The molecular weight excluding hydrogens is 561 g/mol. The van der Waals surface area contributed by atoms with Crippen LogP contribution in [0.3, 0.4) is 0 Å². The molecule has 3 rings (SSSR count). The van der Waals surface area contributed by atoms with E-state index in [0.717, 1.165) is 24.3 Å². The molecule has 2 aromatic carbocycles. The number of hydrogen-bond donors (Lipinski definition) is 1. The van der Waals surface area contributed by atoms with Crippen molar-refractivity contribution in [3.05, 3.63) is 95.2 Å². The second-order valence-electron chi connectivity index (χ2n) is 7.43. The molecule has 5 nitrogen and oxygen atoms in total. The van der Waals surface area contributed by atoms with E-state index in [0.29, 0.717) is 17.1 Å². The van der Waals surface area contributed by atoms with Crippen LogP contribution in [0.2, 0.25) is 10.0 Å². The van der Waals surface area contributed by atoms with Crippen LogP contribution in [-0.4, -0.2) is 35.4 Å². The van der Waals surface area contributed by atoms with Crippen molar-refractivity contribution in [2.45, 2.75) is 38.2 Å². The molecule has 2 aromatic rings. The number of hydrogen-bond acceptors (Lipinski definition) is 3. The number of nitrogens with zero attached hydrogens (tertiary/aromatic N) is 2. The molecule has 13 heteroatoms. The summed E-state index contributed by atoms with van der Waals surface area (Å²) < 4.78 is 85.4. The average Bonchev–Trinajstić information content (AvgIpc) is 3.06. The van der Waals surface area contributed by atoms with Crippen LogP contribution >= 0.6 is 23.2 Å². The van der Waals surface area contributed by atoms with Gasteiger partial charge in [-0.15, -0.1) is 13.2 Å². The molecule has 0 saturated carbocycles. The van der Waals surface area contributed by atoms with Gasteiger partial charge >= 0.3 is 18.6 Å². The number of aliphatic hydroxyl groups is 1. The molecular formula is C25H22Cl2F6N2O3. The summed E-state index contributed by atoms with van der Waals surface area (Å²) in [5.74, 6) is -1.15. The van der Waals surface area contributed by atoms with Gasteiger partial charge in [0.2, 0.25) is 5.72 Å². The quantitative estimate of drug-likeness (QED) is 0.212. The lowest BCUT2D eigenvalue weighted by molar-refractivity contribution is -0.303. The number of benzene rings is 2. The van der Waals surface area contributed by atoms with Crippen LogP contribution in [0.25, 0.3) is 0 Å². The van der Waals surface area contributed by atoms with Crippen LogP contribution < -0.4 is 9.80 Å². The van der Waals surface area contributed by atoms with E-state index in [1.165, 1.54) is 24.3 Å². The lowest BCUT2D eigenvalue weighted by Crippen LogP contribution is -2.59. The Morgan fingerprint density at radius 3 is 1.82 bits per heavy atom. The molecule has 2 amide bonds. The molecule has 0 aromatic heterocycles. The molecule has 1 aliphatic heterocycles. The normalized spacial score (nSPS) is 20.1. The third-order valence-corrected chi connectivity index (χ3v) is 5.59. The van der Waals surface area contributed by atoms with E-state index < -0.39 is 41.7 Å². The molecule has 0 aliphatic carbocycles. The number of urea groups is 1. The second-order valence-corrected chi connectivity index (χ2v) is 8.30.